The fourth-order valence-corrected chi connectivity index (χ4v) is 10.5. The van der Waals surface area contributed by atoms with Crippen LogP contribution in [0.25, 0.3) is 56.0 Å². The smallest absolute Gasteiger partial charge is 0.160 e. The molecule has 3 heteroatoms. The summed E-state index contributed by atoms with van der Waals surface area (Å²) < 4.78 is 6.89. The molecule has 0 saturated carbocycles. The summed E-state index contributed by atoms with van der Waals surface area (Å²) in [5, 5.41) is 0. The van der Waals surface area contributed by atoms with Gasteiger partial charge in [0.2, 0.25) is 0 Å². The zero-order valence-corrected chi connectivity index (χ0v) is 35.1. The number of nitrogens with zero attached hydrogens (tertiary/aromatic N) is 2. The van der Waals surface area contributed by atoms with Gasteiger partial charge in [-0.05, 0) is 99.2 Å². The Bertz CT molecular complexity index is 3230. The summed E-state index contributed by atoms with van der Waals surface area (Å²) in [6.07, 6.45) is 14.5. The van der Waals surface area contributed by atoms with E-state index in [4.69, 9.17) is 14.7 Å². The third-order valence-corrected chi connectivity index (χ3v) is 13.7. The van der Waals surface area contributed by atoms with Crippen LogP contribution in [0.15, 0.2) is 218 Å². The fraction of sp³-hybridized carbons (Fsp3) is 0.100. The van der Waals surface area contributed by atoms with E-state index >= 15 is 0 Å². The predicted octanol–water partition coefficient (Wildman–Crippen LogP) is 15.0. The molecule has 1 aliphatic heterocycles. The second-order valence-corrected chi connectivity index (χ2v) is 17.4. The minimum atomic E-state index is -0.411. The molecule has 0 bridgehead atoms. The fourth-order valence-electron chi connectivity index (χ4n) is 10.5. The van der Waals surface area contributed by atoms with Crippen molar-refractivity contribution in [3.05, 3.63) is 251 Å². The molecule has 0 saturated heterocycles. The number of aromatic nitrogens is 2. The Morgan fingerprint density at radius 1 is 0.508 bits per heavy atom. The molecule has 8 aromatic rings. The highest BCUT2D eigenvalue weighted by Crippen LogP contribution is 2.63. The van der Waals surface area contributed by atoms with Crippen LogP contribution in [0.4, 0.5) is 0 Å². The number of fused-ring (bicyclic) bond motifs is 8. The van der Waals surface area contributed by atoms with Crippen molar-refractivity contribution in [2.24, 2.45) is 0 Å². The van der Waals surface area contributed by atoms with E-state index < -0.39 is 5.41 Å². The number of hydrogen-bond donors (Lipinski definition) is 0. The zero-order valence-electron chi connectivity index (χ0n) is 35.1. The van der Waals surface area contributed by atoms with E-state index in [1.807, 2.05) is 0 Å². The molecule has 2 atom stereocenters. The van der Waals surface area contributed by atoms with Crippen molar-refractivity contribution < 1.29 is 4.74 Å². The Kier molecular flexibility index (Phi) is 8.72. The average molecular weight is 809 g/mol. The zero-order chi connectivity index (χ0) is 42.0. The first kappa shape index (κ1) is 37.2. The molecule has 0 amide bonds. The van der Waals surface area contributed by atoms with Gasteiger partial charge in [-0.1, -0.05) is 195 Å². The third kappa shape index (κ3) is 6.10. The first-order valence-electron chi connectivity index (χ1n) is 22.1. The van der Waals surface area contributed by atoms with E-state index in [0.717, 1.165) is 70.0 Å². The van der Waals surface area contributed by atoms with Gasteiger partial charge in [0.15, 0.2) is 5.82 Å². The predicted molar refractivity (Wildman–Crippen MR) is 257 cm³/mol. The lowest BCUT2D eigenvalue weighted by atomic mass is 9.64. The number of allylic oxidation sites excluding steroid dienone is 8. The van der Waals surface area contributed by atoms with Gasteiger partial charge in [-0.2, -0.15) is 0 Å². The number of benzene rings is 7. The van der Waals surface area contributed by atoms with Crippen LogP contribution >= 0.6 is 0 Å². The summed E-state index contributed by atoms with van der Waals surface area (Å²) in [5.41, 5.74) is 18.1. The van der Waals surface area contributed by atoms with Crippen LogP contribution in [0.2, 0.25) is 0 Å². The lowest BCUT2D eigenvalue weighted by Crippen LogP contribution is -2.33. The number of rotatable bonds is 6. The summed E-state index contributed by atoms with van der Waals surface area (Å²) in [6.45, 7) is 2.31. The molecule has 3 nitrogen and oxygen atoms in total. The van der Waals surface area contributed by atoms with Crippen LogP contribution < -0.4 is 4.74 Å². The highest BCUT2D eigenvalue weighted by Gasteiger charge is 2.52. The van der Waals surface area contributed by atoms with Gasteiger partial charge in [0, 0.05) is 27.7 Å². The Hall–Kier alpha value is -7.62. The molecule has 3 aliphatic carbocycles. The Labute approximate surface area is 369 Å². The van der Waals surface area contributed by atoms with Crippen LogP contribution in [0.3, 0.4) is 0 Å². The molecular formula is C60H44N2O. The van der Waals surface area contributed by atoms with Crippen molar-refractivity contribution >= 4 is 11.1 Å². The van der Waals surface area contributed by atoms with Crippen LogP contribution in [0.5, 0.6) is 11.5 Å². The van der Waals surface area contributed by atoms with Gasteiger partial charge < -0.3 is 4.74 Å². The van der Waals surface area contributed by atoms with Crippen molar-refractivity contribution in [3.8, 4) is 56.4 Å². The number of ether oxygens (including phenoxy) is 1. The topological polar surface area (TPSA) is 35.0 Å². The van der Waals surface area contributed by atoms with Gasteiger partial charge in [-0.25, -0.2) is 9.97 Å². The van der Waals surface area contributed by atoms with Crippen molar-refractivity contribution in [1.82, 2.24) is 9.97 Å². The highest BCUT2D eigenvalue weighted by atomic mass is 16.5. The summed E-state index contributed by atoms with van der Waals surface area (Å²) >= 11 is 0. The van der Waals surface area contributed by atoms with E-state index in [1.54, 1.807) is 0 Å². The molecule has 12 rings (SSSR count). The van der Waals surface area contributed by atoms with Crippen molar-refractivity contribution in [2.45, 2.75) is 37.0 Å². The molecule has 7 aromatic carbocycles. The molecule has 4 aliphatic rings. The summed E-state index contributed by atoms with van der Waals surface area (Å²) in [7, 11) is 0. The minimum absolute atomic E-state index is 0.0841. The molecule has 1 aromatic heterocycles. The monoisotopic (exact) mass is 808 g/mol. The Morgan fingerprint density at radius 3 is 1.98 bits per heavy atom. The minimum Gasteiger partial charge on any atom is -0.457 e. The van der Waals surface area contributed by atoms with E-state index in [0.29, 0.717) is 5.82 Å². The van der Waals surface area contributed by atoms with Crippen molar-refractivity contribution in [1.29, 1.82) is 0 Å². The van der Waals surface area contributed by atoms with Gasteiger partial charge in [0.25, 0.3) is 0 Å². The van der Waals surface area contributed by atoms with E-state index in [2.05, 4.69) is 219 Å². The molecule has 0 fully saturated rings. The summed E-state index contributed by atoms with van der Waals surface area (Å²) in [5.74, 6) is 2.50. The third-order valence-electron chi connectivity index (χ3n) is 13.7. The largest absolute Gasteiger partial charge is 0.457 e. The molecule has 300 valence electrons. The molecular weight excluding hydrogens is 765 g/mol. The van der Waals surface area contributed by atoms with Crippen LogP contribution in [-0.4, -0.2) is 9.97 Å². The molecule has 0 radical (unpaired) electrons. The molecule has 63 heavy (non-hydrogen) atoms. The average Bonchev–Trinajstić information content (AvgIpc) is 3.65. The quantitative estimate of drug-likeness (QED) is 0.168. The van der Waals surface area contributed by atoms with Crippen molar-refractivity contribution in [2.75, 3.05) is 0 Å². The first-order valence-corrected chi connectivity index (χ1v) is 22.1. The molecule has 0 N–H and O–H groups in total. The lowest BCUT2D eigenvalue weighted by Gasteiger charge is -2.41. The SMILES string of the molecule is CC1(c2ccccc2)C=CC(c2cc(-c3ccc(-c4ccccc4)cc3)nc(-c3cccc(-c4ccc5c(c4)Oc4ccccc4C54C5=C(C=CCC5)c5ccccc54)c3)n2)=CC1. The van der Waals surface area contributed by atoms with Crippen LogP contribution in [0.1, 0.15) is 59.7 Å². The first-order chi connectivity index (χ1) is 31.0. The second-order valence-electron chi connectivity index (χ2n) is 17.4. The molecule has 2 unspecified atom stereocenters. The van der Waals surface area contributed by atoms with Gasteiger partial charge in [-0.15, -0.1) is 0 Å². The van der Waals surface area contributed by atoms with Crippen molar-refractivity contribution in [3.63, 3.8) is 0 Å². The standard InChI is InChI=1S/C60H44N2O/c1-59(47-19-6-3-7-20-47)35-33-43(34-36-59)55-39-54(42-29-27-41(28-30-42)40-15-4-2-5-16-40)61-58(62-55)46-18-14-17-44(37-46)45-31-32-53-57(38-45)63-56-26-13-12-25-52(56)60(53)50-23-10-8-21-48(50)49-22-9-11-24-51(49)60/h2-10,12-23,25-35,37-39H,11,24,36H2,1H3. The number of hydrogen-bond acceptors (Lipinski definition) is 3. The number of para-hydroxylation sites is 1. The maximum absolute atomic E-state index is 6.89. The lowest BCUT2D eigenvalue weighted by molar-refractivity contribution is 0.432. The van der Waals surface area contributed by atoms with E-state index in [9.17, 15) is 0 Å². The van der Waals surface area contributed by atoms with E-state index in [-0.39, 0.29) is 5.41 Å². The van der Waals surface area contributed by atoms with Gasteiger partial charge in [0.05, 0.1) is 16.8 Å². The maximum Gasteiger partial charge on any atom is 0.160 e. The van der Waals surface area contributed by atoms with Gasteiger partial charge in [-0.3, -0.25) is 0 Å². The Balaban J connectivity index is 0.952. The highest BCUT2D eigenvalue weighted by molar-refractivity contribution is 5.92. The summed E-state index contributed by atoms with van der Waals surface area (Å²) in [6, 6.07) is 65.2. The Morgan fingerprint density at radius 2 is 1.16 bits per heavy atom. The maximum atomic E-state index is 6.89. The van der Waals surface area contributed by atoms with Gasteiger partial charge in [0.1, 0.15) is 11.5 Å². The van der Waals surface area contributed by atoms with Crippen LogP contribution in [0, 0.1) is 0 Å². The van der Waals surface area contributed by atoms with Gasteiger partial charge >= 0.3 is 0 Å². The van der Waals surface area contributed by atoms with Crippen LogP contribution in [-0.2, 0) is 10.8 Å². The summed E-state index contributed by atoms with van der Waals surface area (Å²) in [4.78, 5) is 10.6. The van der Waals surface area contributed by atoms with E-state index in [1.165, 1.54) is 50.1 Å². The molecule has 1 spiro atoms. The second kappa shape index (κ2) is 14.8. The molecule has 2 heterocycles. The normalized spacial score (nSPS) is 19.2.